The van der Waals surface area contributed by atoms with Gasteiger partial charge in [-0.15, -0.1) is 0 Å². The fourth-order valence-corrected chi connectivity index (χ4v) is 3.21. The molecule has 134 valence electrons. The van der Waals surface area contributed by atoms with Crippen LogP contribution in [0.2, 0.25) is 0 Å². The molecular weight excluding hydrogens is 324 g/mol. The van der Waals surface area contributed by atoms with Crippen molar-refractivity contribution < 1.29 is 28.8 Å². The lowest BCUT2D eigenvalue weighted by Gasteiger charge is -2.19. The molecule has 3 rings (SSSR count). The second-order valence-electron chi connectivity index (χ2n) is 5.85. The second-order valence-corrected chi connectivity index (χ2v) is 5.85. The van der Waals surface area contributed by atoms with Gasteiger partial charge in [0.25, 0.3) is 0 Å². The number of rotatable bonds is 5. The number of hydrogen-bond donors (Lipinski definition) is 1. The molecule has 0 bridgehead atoms. The van der Waals surface area contributed by atoms with Gasteiger partial charge < -0.3 is 28.8 Å². The standard InChI is InChI=1S/C19H22O6/c1-10-12-8-15(21-2)13(20)9-14(12)25-18(10)11-6-16(22-3)19(24-5)17(7-11)23-4/h6-10,18,20H,1-5H3/t10-,18+/m0/s1. The molecule has 0 radical (unpaired) electrons. The van der Waals surface area contributed by atoms with Crippen LogP contribution in [0.4, 0.5) is 0 Å². The number of aromatic hydroxyl groups is 1. The fraction of sp³-hybridized carbons (Fsp3) is 0.368. The molecule has 1 aliphatic rings. The Labute approximate surface area is 146 Å². The van der Waals surface area contributed by atoms with Crippen LogP contribution in [0, 0.1) is 0 Å². The largest absolute Gasteiger partial charge is 0.504 e. The molecule has 2 aromatic carbocycles. The molecule has 1 heterocycles. The number of phenolic OH excluding ortho intramolecular Hbond substituents is 1. The maximum Gasteiger partial charge on any atom is 0.203 e. The molecule has 0 saturated carbocycles. The first-order valence-corrected chi connectivity index (χ1v) is 7.91. The Hall–Kier alpha value is -2.76. The number of methoxy groups -OCH3 is 4. The van der Waals surface area contributed by atoms with E-state index in [4.69, 9.17) is 23.7 Å². The van der Waals surface area contributed by atoms with Gasteiger partial charge in [-0.05, 0) is 18.2 Å². The Kier molecular flexibility index (Phi) is 4.53. The van der Waals surface area contributed by atoms with Crippen LogP contribution in [-0.2, 0) is 0 Å². The Morgan fingerprint density at radius 1 is 0.840 bits per heavy atom. The molecule has 0 spiro atoms. The van der Waals surface area contributed by atoms with Gasteiger partial charge in [0.15, 0.2) is 23.0 Å². The van der Waals surface area contributed by atoms with Crippen LogP contribution >= 0.6 is 0 Å². The molecule has 0 amide bonds. The smallest absolute Gasteiger partial charge is 0.203 e. The van der Waals surface area contributed by atoms with E-state index in [1.807, 2.05) is 18.2 Å². The Morgan fingerprint density at radius 2 is 1.44 bits per heavy atom. The van der Waals surface area contributed by atoms with Crippen molar-refractivity contribution in [3.05, 3.63) is 35.4 Å². The third kappa shape index (κ3) is 2.77. The van der Waals surface area contributed by atoms with Crippen molar-refractivity contribution >= 4 is 0 Å². The zero-order valence-corrected chi connectivity index (χ0v) is 15.0. The van der Waals surface area contributed by atoms with E-state index in [-0.39, 0.29) is 17.8 Å². The predicted octanol–water partition coefficient (Wildman–Crippen LogP) is 3.66. The molecule has 25 heavy (non-hydrogen) atoms. The summed E-state index contributed by atoms with van der Waals surface area (Å²) in [5.41, 5.74) is 1.88. The molecule has 6 heteroatoms. The summed E-state index contributed by atoms with van der Waals surface area (Å²) in [6, 6.07) is 7.16. The van der Waals surface area contributed by atoms with E-state index in [1.165, 1.54) is 7.11 Å². The minimum atomic E-state index is -0.241. The van der Waals surface area contributed by atoms with Gasteiger partial charge in [-0.1, -0.05) is 6.92 Å². The Bertz CT molecular complexity index is 761. The first-order valence-electron chi connectivity index (χ1n) is 7.91. The summed E-state index contributed by atoms with van der Waals surface area (Å²) in [5, 5.41) is 9.99. The van der Waals surface area contributed by atoms with E-state index >= 15 is 0 Å². The van der Waals surface area contributed by atoms with E-state index in [9.17, 15) is 5.11 Å². The number of phenols is 1. The molecule has 6 nitrogen and oxygen atoms in total. The molecule has 0 aliphatic carbocycles. The van der Waals surface area contributed by atoms with Crippen molar-refractivity contribution in [3.8, 4) is 34.5 Å². The highest BCUT2D eigenvalue weighted by Gasteiger charge is 2.34. The predicted molar refractivity (Wildman–Crippen MR) is 92.5 cm³/mol. The zero-order valence-electron chi connectivity index (χ0n) is 15.0. The summed E-state index contributed by atoms with van der Waals surface area (Å²) in [6.45, 7) is 2.07. The Morgan fingerprint density at radius 3 is 1.96 bits per heavy atom. The van der Waals surface area contributed by atoms with Gasteiger partial charge in [0.2, 0.25) is 5.75 Å². The van der Waals surface area contributed by atoms with Crippen LogP contribution < -0.4 is 23.7 Å². The SMILES string of the molecule is COc1cc2c(cc1O)O[C@@H](c1cc(OC)c(OC)c(OC)c1)[C@H]2C. The summed E-state index contributed by atoms with van der Waals surface area (Å²) in [6.07, 6.45) is -0.241. The number of ether oxygens (including phenoxy) is 5. The molecule has 0 unspecified atom stereocenters. The van der Waals surface area contributed by atoms with E-state index in [0.29, 0.717) is 28.7 Å². The molecule has 1 N–H and O–H groups in total. The highest BCUT2D eigenvalue weighted by atomic mass is 16.5. The van der Waals surface area contributed by atoms with Crippen molar-refractivity contribution in [1.29, 1.82) is 0 Å². The van der Waals surface area contributed by atoms with E-state index < -0.39 is 0 Å². The lowest BCUT2D eigenvalue weighted by Crippen LogP contribution is -2.08. The van der Waals surface area contributed by atoms with Crippen molar-refractivity contribution in [3.63, 3.8) is 0 Å². The summed E-state index contributed by atoms with van der Waals surface area (Å²) in [5.74, 6) is 2.87. The van der Waals surface area contributed by atoms with Crippen LogP contribution in [0.15, 0.2) is 24.3 Å². The van der Waals surface area contributed by atoms with Gasteiger partial charge in [-0.3, -0.25) is 0 Å². The van der Waals surface area contributed by atoms with Gasteiger partial charge in [0.05, 0.1) is 28.4 Å². The van der Waals surface area contributed by atoms with Gasteiger partial charge in [0, 0.05) is 23.1 Å². The summed E-state index contributed by atoms with van der Waals surface area (Å²) < 4.78 is 27.5. The topological polar surface area (TPSA) is 66.4 Å². The fourth-order valence-electron chi connectivity index (χ4n) is 3.21. The molecule has 2 atom stereocenters. The lowest BCUT2D eigenvalue weighted by molar-refractivity contribution is 0.213. The third-order valence-electron chi connectivity index (χ3n) is 4.53. The summed E-state index contributed by atoms with van der Waals surface area (Å²) >= 11 is 0. The molecule has 0 fully saturated rings. The molecule has 1 aliphatic heterocycles. The van der Waals surface area contributed by atoms with Crippen LogP contribution in [-0.4, -0.2) is 33.5 Å². The maximum atomic E-state index is 9.99. The van der Waals surface area contributed by atoms with Crippen molar-refractivity contribution in [1.82, 2.24) is 0 Å². The van der Waals surface area contributed by atoms with E-state index in [2.05, 4.69) is 6.92 Å². The van der Waals surface area contributed by atoms with Crippen molar-refractivity contribution in [2.45, 2.75) is 18.9 Å². The molecule has 2 aromatic rings. The first-order chi connectivity index (χ1) is 12.0. The van der Waals surface area contributed by atoms with Gasteiger partial charge in [0.1, 0.15) is 11.9 Å². The van der Waals surface area contributed by atoms with E-state index in [0.717, 1.165) is 11.1 Å². The second kappa shape index (κ2) is 6.63. The quantitative estimate of drug-likeness (QED) is 0.891. The monoisotopic (exact) mass is 346 g/mol. The van der Waals surface area contributed by atoms with Crippen LogP contribution in [0.25, 0.3) is 0 Å². The average Bonchev–Trinajstić information content (AvgIpc) is 2.95. The molecule has 0 aromatic heterocycles. The average molecular weight is 346 g/mol. The first kappa shape index (κ1) is 17.1. The summed E-state index contributed by atoms with van der Waals surface area (Å²) in [4.78, 5) is 0. The van der Waals surface area contributed by atoms with Crippen molar-refractivity contribution in [2.75, 3.05) is 28.4 Å². The van der Waals surface area contributed by atoms with Gasteiger partial charge in [-0.25, -0.2) is 0 Å². The highest BCUT2D eigenvalue weighted by Crippen LogP contribution is 2.51. The normalized spacial score (nSPS) is 18.3. The van der Waals surface area contributed by atoms with Gasteiger partial charge >= 0.3 is 0 Å². The third-order valence-corrected chi connectivity index (χ3v) is 4.53. The maximum absolute atomic E-state index is 9.99. The number of fused-ring (bicyclic) bond motifs is 1. The molecular formula is C19H22O6. The van der Waals surface area contributed by atoms with E-state index in [1.54, 1.807) is 27.4 Å². The minimum absolute atomic E-state index is 0.0546. The highest BCUT2D eigenvalue weighted by molar-refractivity contribution is 5.57. The van der Waals surface area contributed by atoms with Crippen LogP contribution in [0.5, 0.6) is 34.5 Å². The van der Waals surface area contributed by atoms with Crippen LogP contribution in [0.3, 0.4) is 0 Å². The molecule has 0 saturated heterocycles. The lowest BCUT2D eigenvalue weighted by atomic mass is 9.92. The van der Waals surface area contributed by atoms with Crippen LogP contribution in [0.1, 0.15) is 30.1 Å². The van der Waals surface area contributed by atoms with Crippen molar-refractivity contribution in [2.24, 2.45) is 0 Å². The zero-order chi connectivity index (χ0) is 18.1. The Balaban J connectivity index is 2.03. The summed E-state index contributed by atoms with van der Waals surface area (Å²) in [7, 11) is 6.26. The number of hydrogen-bond acceptors (Lipinski definition) is 6. The minimum Gasteiger partial charge on any atom is -0.504 e. The van der Waals surface area contributed by atoms with Gasteiger partial charge in [-0.2, -0.15) is 0 Å². The number of benzene rings is 2.